The zero-order valence-corrected chi connectivity index (χ0v) is 13.5. The maximum absolute atomic E-state index is 12.4. The number of nitrogens with zero attached hydrogens (tertiary/aromatic N) is 2. The van der Waals surface area contributed by atoms with Crippen molar-refractivity contribution in [3.8, 4) is 0 Å². The largest absolute Gasteiger partial charge is 0.395 e. The van der Waals surface area contributed by atoms with E-state index in [1.54, 1.807) is 7.05 Å². The zero-order chi connectivity index (χ0) is 17.6. The molecule has 9 heteroatoms. The van der Waals surface area contributed by atoms with Crippen molar-refractivity contribution >= 4 is 11.7 Å². The summed E-state index contributed by atoms with van der Waals surface area (Å²) in [7, 11) is 1.63. The molecule has 3 N–H and O–H groups in total. The molecule has 0 aliphatic carbocycles. The third-order valence-corrected chi connectivity index (χ3v) is 3.33. The summed E-state index contributed by atoms with van der Waals surface area (Å²) in [6.07, 6.45) is 1.30. The second-order valence-electron chi connectivity index (χ2n) is 5.34. The highest BCUT2D eigenvalue weighted by atomic mass is 16.3. The molecule has 1 rings (SSSR count). The Morgan fingerprint density at radius 2 is 2.09 bits per heavy atom. The lowest BCUT2D eigenvalue weighted by Crippen LogP contribution is -2.48. The number of aromatic nitrogens is 2. The molecule has 23 heavy (non-hydrogen) atoms. The highest BCUT2D eigenvalue weighted by Crippen LogP contribution is 1.97. The molecule has 1 heterocycles. The molecular weight excluding hydrogens is 304 g/mol. The summed E-state index contributed by atoms with van der Waals surface area (Å²) in [5, 5.41) is 12.0. The molecule has 0 saturated carbocycles. The van der Waals surface area contributed by atoms with Gasteiger partial charge in [-0.05, 0) is 20.9 Å². The summed E-state index contributed by atoms with van der Waals surface area (Å²) < 4.78 is 1.08. The topological polar surface area (TPSA) is 124 Å². The second kappa shape index (κ2) is 8.39. The van der Waals surface area contributed by atoms with E-state index in [0.717, 1.165) is 4.57 Å². The molecule has 1 atom stereocenters. The van der Waals surface area contributed by atoms with Gasteiger partial charge in [0.25, 0.3) is 5.56 Å². The van der Waals surface area contributed by atoms with Crippen LogP contribution in [-0.4, -0.2) is 64.0 Å². The maximum atomic E-state index is 12.4. The molecule has 0 bridgehead atoms. The number of carbonyl (C=O) groups is 2. The number of nitrogens with one attached hydrogen (secondary N) is 2. The van der Waals surface area contributed by atoms with Crippen LogP contribution >= 0.6 is 0 Å². The fourth-order valence-electron chi connectivity index (χ4n) is 2.01. The average Bonchev–Trinajstić information content (AvgIpc) is 2.48. The number of hydrogen-bond acceptors (Lipinski definition) is 6. The van der Waals surface area contributed by atoms with Crippen molar-refractivity contribution in [2.45, 2.75) is 26.4 Å². The normalized spacial score (nSPS) is 12.0. The fourth-order valence-corrected chi connectivity index (χ4v) is 2.01. The van der Waals surface area contributed by atoms with Crippen LogP contribution in [-0.2, 0) is 16.1 Å². The van der Waals surface area contributed by atoms with E-state index in [2.05, 4.69) is 10.3 Å². The third-order valence-electron chi connectivity index (χ3n) is 3.33. The monoisotopic (exact) mass is 326 g/mol. The van der Waals surface area contributed by atoms with E-state index in [1.165, 1.54) is 24.9 Å². The van der Waals surface area contributed by atoms with Gasteiger partial charge in [-0.1, -0.05) is 0 Å². The first-order valence-electron chi connectivity index (χ1n) is 7.14. The predicted molar refractivity (Wildman–Crippen MR) is 83.3 cm³/mol. The van der Waals surface area contributed by atoms with Crippen LogP contribution in [0, 0.1) is 6.92 Å². The Morgan fingerprint density at radius 3 is 2.61 bits per heavy atom. The van der Waals surface area contributed by atoms with Gasteiger partial charge < -0.3 is 15.3 Å². The van der Waals surface area contributed by atoms with Crippen molar-refractivity contribution in [3.05, 3.63) is 32.6 Å². The van der Waals surface area contributed by atoms with Gasteiger partial charge in [0.15, 0.2) is 0 Å². The predicted octanol–water partition coefficient (Wildman–Crippen LogP) is -2.16. The SMILES string of the molecule is CN[C@@H](CO)CN(CC(C)=O)C(=O)Cn1cc(C)c(=O)[nH]c1=O. The van der Waals surface area contributed by atoms with Crippen LogP contribution in [0.1, 0.15) is 12.5 Å². The Bertz CT molecular complexity index is 674. The number of aliphatic hydroxyl groups is 1. The number of amides is 1. The standard InChI is InChI=1S/C14H22N4O5/c1-9-4-18(14(23)16-13(9)22)7-12(21)17(5-10(2)20)6-11(8-19)15-3/h4,11,15,19H,5-8H2,1-3H3,(H,16,22,23)/t11-/m1/s1. The third kappa shape index (κ3) is 5.46. The van der Waals surface area contributed by atoms with Crippen LogP contribution < -0.4 is 16.6 Å². The van der Waals surface area contributed by atoms with Crippen molar-refractivity contribution in [2.24, 2.45) is 0 Å². The number of carbonyl (C=O) groups excluding carboxylic acids is 2. The van der Waals surface area contributed by atoms with E-state index in [4.69, 9.17) is 0 Å². The summed E-state index contributed by atoms with van der Waals surface area (Å²) in [5.41, 5.74) is -0.891. The van der Waals surface area contributed by atoms with E-state index in [1.807, 2.05) is 0 Å². The van der Waals surface area contributed by atoms with E-state index < -0.39 is 17.2 Å². The van der Waals surface area contributed by atoms with Crippen molar-refractivity contribution < 1.29 is 14.7 Å². The second-order valence-corrected chi connectivity index (χ2v) is 5.34. The van der Waals surface area contributed by atoms with Crippen LogP contribution in [0.15, 0.2) is 15.8 Å². The molecule has 128 valence electrons. The number of aliphatic hydroxyl groups excluding tert-OH is 1. The number of rotatable bonds is 8. The Hall–Kier alpha value is -2.26. The minimum atomic E-state index is -0.691. The molecule has 1 amide bonds. The lowest BCUT2D eigenvalue weighted by Gasteiger charge is -2.26. The summed E-state index contributed by atoms with van der Waals surface area (Å²) >= 11 is 0. The number of likely N-dealkylation sites (N-methyl/N-ethyl adjacent to an activating group) is 1. The number of aryl methyl sites for hydroxylation is 1. The van der Waals surface area contributed by atoms with Gasteiger partial charge in [-0.2, -0.15) is 0 Å². The number of hydrogen-bond donors (Lipinski definition) is 3. The molecule has 0 spiro atoms. The maximum Gasteiger partial charge on any atom is 0.328 e. The van der Waals surface area contributed by atoms with E-state index in [9.17, 15) is 24.3 Å². The summed E-state index contributed by atoms with van der Waals surface area (Å²) in [6, 6.07) is -0.382. The van der Waals surface area contributed by atoms with Gasteiger partial charge in [0, 0.05) is 24.3 Å². The quantitative estimate of drug-likeness (QED) is 0.500. The van der Waals surface area contributed by atoms with Crippen molar-refractivity contribution in [3.63, 3.8) is 0 Å². The minimum absolute atomic E-state index is 0.117. The van der Waals surface area contributed by atoms with Gasteiger partial charge in [0.2, 0.25) is 5.91 Å². The molecule has 0 aliphatic rings. The van der Waals surface area contributed by atoms with Crippen molar-refractivity contribution in [1.82, 2.24) is 19.8 Å². The van der Waals surface area contributed by atoms with Crippen LogP contribution in [0.2, 0.25) is 0 Å². The Morgan fingerprint density at radius 1 is 1.43 bits per heavy atom. The van der Waals surface area contributed by atoms with Crippen molar-refractivity contribution in [1.29, 1.82) is 0 Å². The van der Waals surface area contributed by atoms with Crippen LogP contribution in [0.3, 0.4) is 0 Å². The van der Waals surface area contributed by atoms with E-state index in [0.29, 0.717) is 5.56 Å². The minimum Gasteiger partial charge on any atom is -0.395 e. The van der Waals surface area contributed by atoms with Crippen molar-refractivity contribution in [2.75, 3.05) is 26.7 Å². The van der Waals surface area contributed by atoms with Crippen LogP contribution in [0.4, 0.5) is 0 Å². The smallest absolute Gasteiger partial charge is 0.328 e. The lowest BCUT2D eigenvalue weighted by atomic mass is 10.2. The lowest BCUT2D eigenvalue weighted by molar-refractivity contribution is -0.136. The van der Waals surface area contributed by atoms with E-state index >= 15 is 0 Å². The Balaban J connectivity index is 2.97. The molecule has 0 saturated heterocycles. The molecule has 0 unspecified atom stereocenters. The number of Topliss-reactive ketones (excluding diaryl/α,β-unsaturated/α-hetero) is 1. The first-order valence-corrected chi connectivity index (χ1v) is 7.14. The number of H-pyrrole nitrogens is 1. The van der Waals surface area contributed by atoms with Gasteiger partial charge in [0.05, 0.1) is 13.2 Å². The van der Waals surface area contributed by atoms with Gasteiger partial charge in [-0.15, -0.1) is 0 Å². The molecule has 1 aromatic heterocycles. The average molecular weight is 326 g/mol. The molecule has 9 nitrogen and oxygen atoms in total. The molecular formula is C14H22N4O5. The van der Waals surface area contributed by atoms with Crippen LogP contribution in [0.25, 0.3) is 0 Å². The van der Waals surface area contributed by atoms with Gasteiger partial charge in [0.1, 0.15) is 12.3 Å². The Labute approximate surface area is 132 Å². The fraction of sp³-hybridized carbons (Fsp3) is 0.571. The molecule has 0 fully saturated rings. The highest BCUT2D eigenvalue weighted by Gasteiger charge is 2.20. The van der Waals surface area contributed by atoms with Gasteiger partial charge >= 0.3 is 5.69 Å². The summed E-state index contributed by atoms with van der Waals surface area (Å²) in [5.74, 6) is -0.668. The van der Waals surface area contributed by atoms with Gasteiger partial charge in [-0.3, -0.25) is 23.9 Å². The summed E-state index contributed by atoms with van der Waals surface area (Å²) in [4.78, 5) is 50.2. The Kier molecular flexibility index (Phi) is 6.86. The molecule has 0 aliphatic heterocycles. The molecule has 0 aromatic carbocycles. The molecule has 0 radical (unpaired) electrons. The highest BCUT2D eigenvalue weighted by molar-refractivity contribution is 5.84. The van der Waals surface area contributed by atoms with Gasteiger partial charge in [-0.25, -0.2) is 4.79 Å². The first kappa shape index (κ1) is 18.8. The zero-order valence-electron chi connectivity index (χ0n) is 13.5. The number of ketones is 1. The van der Waals surface area contributed by atoms with Crippen LogP contribution in [0.5, 0.6) is 0 Å². The molecule has 1 aromatic rings. The number of aromatic amines is 1. The van der Waals surface area contributed by atoms with E-state index in [-0.39, 0.29) is 38.1 Å². The summed E-state index contributed by atoms with van der Waals surface area (Å²) in [6.45, 7) is 2.39. The first-order chi connectivity index (χ1) is 10.8.